The van der Waals surface area contributed by atoms with E-state index in [1.165, 1.54) is 17.2 Å². The van der Waals surface area contributed by atoms with Crippen molar-refractivity contribution in [3.63, 3.8) is 0 Å². The van der Waals surface area contributed by atoms with E-state index in [4.69, 9.17) is 9.15 Å². The molecule has 0 N–H and O–H groups in total. The summed E-state index contributed by atoms with van der Waals surface area (Å²) in [6, 6.07) is 18.9. The zero-order valence-corrected chi connectivity index (χ0v) is 19.3. The van der Waals surface area contributed by atoms with Gasteiger partial charge in [0.05, 0.1) is 12.9 Å². The topological polar surface area (TPSA) is 42.7 Å². The van der Waals surface area contributed by atoms with Crippen molar-refractivity contribution in [2.75, 3.05) is 19.7 Å². The molecule has 1 fully saturated rings. The van der Waals surface area contributed by atoms with Crippen LogP contribution in [0.25, 0.3) is 38.4 Å². The molecule has 4 heteroatoms. The molecule has 0 aliphatic carbocycles. The van der Waals surface area contributed by atoms with E-state index in [1.807, 2.05) is 31.1 Å². The van der Waals surface area contributed by atoms with Gasteiger partial charge in [-0.2, -0.15) is 0 Å². The number of carbonyl (C=O) groups excluding carboxylic acids is 1. The van der Waals surface area contributed by atoms with E-state index in [0.717, 1.165) is 64.9 Å². The minimum Gasteiger partial charge on any atom is -0.493 e. The number of carbonyl (C=O) groups is 1. The third kappa shape index (κ3) is 4.25. The van der Waals surface area contributed by atoms with Crippen molar-refractivity contribution in [3.05, 3.63) is 72.5 Å². The molecule has 0 spiro atoms. The lowest BCUT2D eigenvalue weighted by molar-refractivity contribution is -0.126. The average molecular weight is 440 g/mol. The molecule has 0 saturated carbocycles. The Labute approximate surface area is 194 Å². The minimum atomic E-state index is 0.0803. The SMILES string of the molecule is CCOc1cc2occ(-c3ccc4ccccc4c3)c2cc1/C(C)=C/C(=O)N1CCCCC1. The molecule has 1 aliphatic rings. The first-order valence-corrected chi connectivity index (χ1v) is 11.8. The quantitative estimate of drug-likeness (QED) is 0.312. The zero-order valence-electron chi connectivity index (χ0n) is 19.3. The first-order chi connectivity index (χ1) is 16.1. The van der Waals surface area contributed by atoms with Gasteiger partial charge in [0.15, 0.2) is 0 Å². The number of furan rings is 1. The molecule has 1 aliphatic heterocycles. The van der Waals surface area contributed by atoms with Gasteiger partial charge in [-0.05, 0) is 67.2 Å². The monoisotopic (exact) mass is 439 g/mol. The third-order valence-corrected chi connectivity index (χ3v) is 6.47. The molecule has 1 aromatic heterocycles. The lowest BCUT2D eigenvalue weighted by Crippen LogP contribution is -2.34. The fraction of sp³-hybridized carbons (Fsp3) is 0.276. The summed E-state index contributed by atoms with van der Waals surface area (Å²) in [4.78, 5) is 14.8. The molecule has 5 rings (SSSR count). The predicted octanol–water partition coefficient (Wildman–Crippen LogP) is 7.07. The second kappa shape index (κ2) is 9.14. The number of ether oxygens (including phenoxy) is 1. The number of piperidine rings is 1. The van der Waals surface area contributed by atoms with Gasteiger partial charge >= 0.3 is 0 Å². The number of rotatable bonds is 5. The van der Waals surface area contributed by atoms with Crippen molar-refractivity contribution in [3.8, 4) is 16.9 Å². The van der Waals surface area contributed by atoms with Gasteiger partial charge in [-0.15, -0.1) is 0 Å². The lowest BCUT2D eigenvalue weighted by atomic mass is 9.97. The van der Waals surface area contributed by atoms with E-state index in [0.29, 0.717) is 6.61 Å². The number of fused-ring (bicyclic) bond motifs is 2. The van der Waals surface area contributed by atoms with Gasteiger partial charge in [0, 0.05) is 41.7 Å². The molecule has 168 valence electrons. The van der Waals surface area contributed by atoms with Gasteiger partial charge in [0.2, 0.25) is 5.91 Å². The molecular formula is C29H29NO3. The highest BCUT2D eigenvalue weighted by molar-refractivity contribution is 6.01. The van der Waals surface area contributed by atoms with E-state index in [1.54, 1.807) is 6.08 Å². The van der Waals surface area contributed by atoms with Crippen LogP contribution in [-0.2, 0) is 4.79 Å². The van der Waals surface area contributed by atoms with Gasteiger partial charge in [0.1, 0.15) is 11.3 Å². The normalized spacial score (nSPS) is 14.7. The maximum absolute atomic E-state index is 12.9. The Bertz CT molecular complexity index is 1340. The van der Waals surface area contributed by atoms with Crippen molar-refractivity contribution in [1.82, 2.24) is 4.90 Å². The largest absolute Gasteiger partial charge is 0.493 e. The van der Waals surface area contributed by atoms with E-state index in [9.17, 15) is 4.79 Å². The molecular weight excluding hydrogens is 410 g/mol. The minimum absolute atomic E-state index is 0.0803. The second-order valence-corrected chi connectivity index (χ2v) is 8.70. The summed E-state index contributed by atoms with van der Waals surface area (Å²) in [6.45, 7) is 6.18. The number of amides is 1. The summed E-state index contributed by atoms with van der Waals surface area (Å²) in [5.74, 6) is 0.821. The first kappa shape index (κ1) is 21.3. The van der Waals surface area contributed by atoms with Crippen molar-refractivity contribution in [2.45, 2.75) is 33.1 Å². The van der Waals surface area contributed by atoms with Crippen LogP contribution in [0.2, 0.25) is 0 Å². The summed E-state index contributed by atoms with van der Waals surface area (Å²) in [5.41, 5.74) is 4.75. The van der Waals surface area contributed by atoms with Crippen LogP contribution in [0.5, 0.6) is 5.75 Å². The van der Waals surface area contributed by atoms with Crippen molar-refractivity contribution in [2.24, 2.45) is 0 Å². The Hall–Kier alpha value is -3.53. The molecule has 0 atom stereocenters. The van der Waals surface area contributed by atoms with Crippen LogP contribution in [0, 0.1) is 0 Å². The second-order valence-electron chi connectivity index (χ2n) is 8.70. The van der Waals surface area contributed by atoms with Gasteiger partial charge < -0.3 is 14.1 Å². The molecule has 2 heterocycles. The van der Waals surface area contributed by atoms with Crippen LogP contribution < -0.4 is 4.74 Å². The molecule has 33 heavy (non-hydrogen) atoms. The van der Waals surface area contributed by atoms with Gasteiger partial charge in [-0.25, -0.2) is 0 Å². The van der Waals surface area contributed by atoms with E-state index in [2.05, 4.69) is 48.5 Å². The van der Waals surface area contributed by atoms with Gasteiger partial charge in [0.25, 0.3) is 0 Å². The van der Waals surface area contributed by atoms with Gasteiger partial charge in [-0.3, -0.25) is 4.79 Å². The van der Waals surface area contributed by atoms with Crippen molar-refractivity contribution >= 4 is 33.2 Å². The number of likely N-dealkylation sites (tertiary alicyclic amines) is 1. The van der Waals surface area contributed by atoms with Crippen LogP contribution in [0.15, 0.2) is 71.4 Å². The number of nitrogens with zero attached hydrogens (tertiary/aromatic N) is 1. The molecule has 1 saturated heterocycles. The highest BCUT2D eigenvalue weighted by Crippen LogP contribution is 2.38. The Morgan fingerprint density at radius 2 is 1.82 bits per heavy atom. The summed E-state index contributed by atoms with van der Waals surface area (Å²) in [5, 5.41) is 3.42. The average Bonchev–Trinajstić information content (AvgIpc) is 3.26. The Balaban J connectivity index is 1.57. The first-order valence-electron chi connectivity index (χ1n) is 11.8. The predicted molar refractivity (Wildman–Crippen MR) is 134 cm³/mol. The molecule has 0 unspecified atom stereocenters. The molecule has 0 radical (unpaired) electrons. The van der Waals surface area contributed by atoms with Crippen LogP contribution in [0.4, 0.5) is 0 Å². The standard InChI is InChI=1S/C29H29NO3/c1-3-32-27-18-28-25(17-24(27)20(2)15-29(31)30-13-7-4-8-14-30)26(19-33-28)23-12-11-21-9-5-6-10-22(21)16-23/h5-6,9-12,15-19H,3-4,7-8,13-14H2,1-2H3/b20-15+. The Morgan fingerprint density at radius 3 is 2.61 bits per heavy atom. The van der Waals surface area contributed by atoms with E-state index in [-0.39, 0.29) is 5.91 Å². The van der Waals surface area contributed by atoms with E-state index < -0.39 is 0 Å². The molecule has 4 nitrogen and oxygen atoms in total. The Kier molecular flexibility index (Phi) is 5.91. The smallest absolute Gasteiger partial charge is 0.246 e. The molecule has 4 aromatic rings. The summed E-state index contributed by atoms with van der Waals surface area (Å²) >= 11 is 0. The molecule has 0 bridgehead atoms. The molecule has 1 amide bonds. The fourth-order valence-electron chi connectivity index (χ4n) is 4.69. The van der Waals surface area contributed by atoms with Crippen molar-refractivity contribution in [1.29, 1.82) is 0 Å². The van der Waals surface area contributed by atoms with Crippen LogP contribution in [0.3, 0.4) is 0 Å². The Morgan fingerprint density at radius 1 is 1.03 bits per heavy atom. The van der Waals surface area contributed by atoms with Crippen LogP contribution in [0.1, 0.15) is 38.7 Å². The molecule has 3 aromatic carbocycles. The van der Waals surface area contributed by atoms with E-state index >= 15 is 0 Å². The number of benzene rings is 3. The zero-order chi connectivity index (χ0) is 22.8. The van der Waals surface area contributed by atoms with Crippen LogP contribution in [-0.4, -0.2) is 30.5 Å². The van der Waals surface area contributed by atoms with Crippen molar-refractivity contribution < 1.29 is 13.9 Å². The maximum atomic E-state index is 12.9. The maximum Gasteiger partial charge on any atom is 0.246 e. The lowest BCUT2D eigenvalue weighted by Gasteiger charge is -2.25. The van der Waals surface area contributed by atoms with Gasteiger partial charge in [-0.1, -0.05) is 36.4 Å². The van der Waals surface area contributed by atoms with Crippen LogP contribution >= 0.6 is 0 Å². The highest BCUT2D eigenvalue weighted by Gasteiger charge is 2.18. The fourth-order valence-corrected chi connectivity index (χ4v) is 4.69. The summed E-state index contributed by atoms with van der Waals surface area (Å²) in [7, 11) is 0. The number of hydrogen-bond donors (Lipinski definition) is 0. The third-order valence-electron chi connectivity index (χ3n) is 6.47. The summed E-state index contributed by atoms with van der Waals surface area (Å²) < 4.78 is 11.9. The highest BCUT2D eigenvalue weighted by atomic mass is 16.5. The summed E-state index contributed by atoms with van der Waals surface area (Å²) in [6.07, 6.45) is 6.94. The number of hydrogen-bond acceptors (Lipinski definition) is 3. The number of allylic oxidation sites excluding steroid dienone is 1.